The molecule has 0 saturated carbocycles. The summed E-state index contributed by atoms with van der Waals surface area (Å²) in [6.07, 6.45) is 2.24. The lowest BCUT2D eigenvalue weighted by Gasteiger charge is -2.33. The Kier molecular flexibility index (Phi) is 5.77. The molecule has 1 fully saturated rings. The molecule has 1 saturated heterocycles. The summed E-state index contributed by atoms with van der Waals surface area (Å²) in [4.78, 5) is 12.7. The molecular weight excluding hydrogens is 328 g/mol. The van der Waals surface area contributed by atoms with Crippen LogP contribution in [0.15, 0.2) is 28.8 Å². The predicted octanol–water partition coefficient (Wildman–Crippen LogP) is 4.13. The number of rotatable bonds is 5. The molecule has 0 aliphatic carbocycles. The standard InChI is InChI=1S/C21H28N2O3/c1-13-7-9-17(10-8-13)21-18(6-5-11-25-21)22-19(24)12-14(2)20-15(3)23-26-16(20)4/h7-10,14,18,21H,5-6,11-12H2,1-4H3,(H,22,24). The molecule has 2 aromatic rings. The summed E-state index contributed by atoms with van der Waals surface area (Å²) >= 11 is 0. The van der Waals surface area contributed by atoms with Gasteiger partial charge in [0, 0.05) is 18.6 Å². The molecule has 3 atom stereocenters. The first-order chi connectivity index (χ1) is 12.5. The second-order valence-electron chi connectivity index (χ2n) is 7.36. The first-order valence-corrected chi connectivity index (χ1v) is 9.36. The van der Waals surface area contributed by atoms with E-state index in [-0.39, 0.29) is 24.0 Å². The molecule has 1 N–H and O–H groups in total. The highest BCUT2D eigenvalue weighted by atomic mass is 16.5. The highest BCUT2D eigenvalue weighted by Crippen LogP contribution is 2.30. The van der Waals surface area contributed by atoms with E-state index >= 15 is 0 Å². The zero-order chi connectivity index (χ0) is 18.7. The number of benzene rings is 1. The maximum Gasteiger partial charge on any atom is 0.220 e. The molecule has 0 spiro atoms. The fraction of sp³-hybridized carbons (Fsp3) is 0.524. The number of carbonyl (C=O) groups excluding carboxylic acids is 1. The van der Waals surface area contributed by atoms with Crippen molar-refractivity contribution in [1.29, 1.82) is 0 Å². The van der Waals surface area contributed by atoms with Crippen molar-refractivity contribution in [2.45, 2.75) is 65.0 Å². The van der Waals surface area contributed by atoms with Crippen LogP contribution in [0.2, 0.25) is 0 Å². The van der Waals surface area contributed by atoms with Crippen molar-refractivity contribution >= 4 is 5.91 Å². The van der Waals surface area contributed by atoms with Crippen molar-refractivity contribution in [3.63, 3.8) is 0 Å². The Balaban J connectivity index is 1.65. The monoisotopic (exact) mass is 356 g/mol. The minimum Gasteiger partial charge on any atom is -0.371 e. The zero-order valence-electron chi connectivity index (χ0n) is 16.0. The molecule has 0 radical (unpaired) electrons. The fourth-order valence-corrected chi connectivity index (χ4v) is 3.85. The molecule has 5 nitrogen and oxygen atoms in total. The molecule has 26 heavy (non-hydrogen) atoms. The van der Waals surface area contributed by atoms with Crippen molar-refractivity contribution in [2.24, 2.45) is 0 Å². The molecule has 5 heteroatoms. The summed E-state index contributed by atoms with van der Waals surface area (Å²) in [6, 6.07) is 8.38. The van der Waals surface area contributed by atoms with Crippen LogP contribution in [-0.4, -0.2) is 23.7 Å². The van der Waals surface area contributed by atoms with E-state index < -0.39 is 0 Å². The average molecular weight is 356 g/mol. The SMILES string of the molecule is Cc1ccc(C2OCCCC2NC(=O)CC(C)c2c(C)noc2C)cc1. The molecule has 1 aromatic heterocycles. The van der Waals surface area contributed by atoms with E-state index in [9.17, 15) is 4.79 Å². The van der Waals surface area contributed by atoms with Gasteiger partial charge in [-0.05, 0) is 45.1 Å². The molecule has 2 heterocycles. The number of nitrogens with zero attached hydrogens (tertiary/aromatic N) is 1. The highest BCUT2D eigenvalue weighted by molar-refractivity contribution is 5.77. The molecule has 1 aliphatic heterocycles. The predicted molar refractivity (Wildman–Crippen MR) is 100 cm³/mol. The summed E-state index contributed by atoms with van der Waals surface area (Å²) in [5.41, 5.74) is 4.24. The van der Waals surface area contributed by atoms with Crippen molar-refractivity contribution < 1.29 is 14.1 Å². The number of amides is 1. The molecule has 140 valence electrons. The number of aryl methyl sites for hydroxylation is 3. The van der Waals surface area contributed by atoms with Gasteiger partial charge in [-0.25, -0.2) is 0 Å². The molecule has 1 aliphatic rings. The number of ether oxygens (including phenoxy) is 1. The van der Waals surface area contributed by atoms with Gasteiger partial charge in [0.05, 0.1) is 11.7 Å². The molecule has 0 bridgehead atoms. The number of hydrogen-bond acceptors (Lipinski definition) is 4. The Morgan fingerprint density at radius 2 is 2.00 bits per heavy atom. The van der Waals surface area contributed by atoms with E-state index in [0.29, 0.717) is 6.42 Å². The maximum atomic E-state index is 12.7. The van der Waals surface area contributed by atoms with Crippen molar-refractivity contribution in [2.75, 3.05) is 6.61 Å². The number of carbonyl (C=O) groups is 1. The third kappa shape index (κ3) is 4.15. The van der Waals surface area contributed by atoms with Crippen LogP contribution in [0.25, 0.3) is 0 Å². The van der Waals surface area contributed by atoms with Crippen LogP contribution in [0, 0.1) is 20.8 Å². The Hall–Kier alpha value is -2.14. The second kappa shape index (κ2) is 8.04. The lowest BCUT2D eigenvalue weighted by molar-refractivity contribution is -0.124. The quantitative estimate of drug-likeness (QED) is 0.875. The maximum absolute atomic E-state index is 12.7. The molecule has 3 unspecified atom stereocenters. The molecule has 3 rings (SSSR count). The molecule has 1 aromatic carbocycles. The Morgan fingerprint density at radius 3 is 2.65 bits per heavy atom. The first-order valence-electron chi connectivity index (χ1n) is 9.36. The van der Waals surface area contributed by atoms with Gasteiger partial charge < -0.3 is 14.6 Å². The minimum absolute atomic E-state index is 0.0100. The Morgan fingerprint density at radius 1 is 1.27 bits per heavy atom. The van der Waals surface area contributed by atoms with Gasteiger partial charge in [0.25, 0.3) is 0 Å². The summed E-state index contributed by atoms with van der Waals surface area (Å²) in [5.74, 6) is 0.912. The number of aromatic nitrogens is 1. The van der Waals surface area contributed by atoms with Crippen molar-refractivity contribution in [1.82, 2.24) is 10.5 Å². The van der Waals surface area contributed by atoms with E-state index in [2.05, 4.69) is 41.7 Å². The van der Waals surface area contributed by atoms with Crippen LogP contribution in [0.1, 0.15) is 66.4 Å². The van der Waals surface area contributed by atoms with Gasteiger partial charge in [0.1, 0.15) is 11.9 Å². The summed E-state index contributed by atoms with van der Waals surface area (Å²) in [6.45, 7) is 8.66. The van der Waals surface area contributed by atoms with Gasteiger partial charge in [0.15, 0.2) is 0 Å². The Bertz CT molecular complexity index is 732. The van der Waals surface area contributed by atoms with Crippen LogP contribution in [0.5, 0.6) is 0 Å². The van der Waals surface area contributed by atoms with Crippen LogP contribution in [-0.2, 0) is 9.53 Å². The van der Waals surface area contributed by atoms with Crippen LogP contribution >= 0.6 is 0 Å². The normalized spacial score (nSPS) is 21.4. The smallest absolute Gasteiger partial charge is 0.220 e. The largest absolute Gasteiger partial charge is 0.371 e. The lowest BCUT2D eigenvalue weighted by atomic mass is 9.93. The van der Waals surface area contributed by atoms with Gasteiger partial charge in [-0.15, -0.1) is 0 Å². The summed E-state index contributed by atoms with van der Waals surface area (Å²) < 4.78 is 11.2. The van der Waals surface area contributed by atoms with Gasteiger partial charge in [-0.3, -0.25) is 4.79 Å². The van der Waals surface area contributed by atoms with Gasteiger partial charge >= 0.3 is 0 Å². The third-order valence-electron chi connectivity index (χ3n) is 5.15. The summed E-state index contributed by atoms with van der Waals surface area (Å²) in [7, 11) is 0. The first kappa shape index (κ1) is 18.6. The highest BCUT2D eigenvalue weighted by Gasteiger charge is 2.29. The van der Waals surface area contributed by atoms with E-state index in [4.69, 9.17) is 9.26 Å². The van der Waals surface area contributed by atoms with E-state index in [1.54, 1.807) is 0 Å². The van der Waals surface area contributed by atoms with E-state index in [1.807, 2.05) is 20.8 Å². The third-order valence-corrected chi connectivity index (χ3v) is 5.15. The lowest BCUT2D eigenvalue weighted by Crippen LogP contribution is -2.43. The van der Waals surface area contributed by atoms with Gasteiger partial charge in [-0.1, -0.05) is 41.9 Å². The topological polar surface area (TPSA) is 64.4 Å². The molecular formula is C21H28N2O3. The number of nitrogens with one attached hydrogen (secondary N) is 1. The van der Waals surface area contributed by atoms with Crippen molar-refractivity contribution in [3.05, 3.63) is 52.4 Å². The zero-order valence-corrected chi connectivity index (χ0v) is 16.0. The van der Waals surface area contributed by atoms with Crippen LogP contribution in [0.3, 0.4) is 0 Å². The summed E-state index contributed by atoms with van der Waals surface area (Å²) in [5, 5.41) is 7.19. The minimum atomic E-state index is -0.0809. The van der Waals surface area contributed by atoms with Gasteiger partial charge in [-0.2, -0.15) is 0 Å². The fourth-order valence-electron chi connectivity index (χ4n) is 3.85. The van der Waals surface area contributed by atoms with E-state index in [1.165, 1.54) is 5.56 Å². The molecule has 1 amide bonds. The van der Waals surface area contributed by atoms with Gasteiger partial charge in [0.2, 0.25) is 5.91 Å². The van der Waals surface area contributed by atoms with E-state index in [0.717, 1.165) is 42.0 Å². The van der Waals surface area contributed by atoms with Crippen LogP contribution < -0.4 is 5.32 Å². The number of hydrogen-bond donors (Lipinski definition) is 1. The second-order valence-corrected chi connectivity index (χ2v) is 7.36. The van der Waals surface area contributed by atoms with Crippen LogP contribution in [0.4, 0.5) is 0 Å². The van der Waals surface area contributed by atoms with Crippen molar-refractivity contribution in [3.8, 4) is 0 Å². The average Bonchev–Trinajstić information content (AvgIpc) is 2.95. The Labute approximate surface area is 155 Å².